The fraction of sp³-hybridized carbons (Fsp3) is 0.158. The number of aromatic nitrogens is 3. The molecule has 0 aliphatic heterocycles. The minimum Gasteiger partial charge on any atom is -0.497 e. The highest BCUT2D eigenvalue weighted by molar-refractivity contribution is 7.99. The Morgan fingerprint density at radius 2 is 1.79 bits per heavy atom. The third kappa shape index (κ3) is 3.46. The average molecular weight is 415 g/mol. The molecule has 0 amide bonds. The lowest BCUT2D eigenvalue weighted by molar-refractivity contribution is 0.355. The Kier molecular flexibility index (Phi) is 5.01. The van der Waals surface area contributed by atoms with E-state index in [1.54, 1.807) is 37.7 Å². The molecule has 0 unspecified atom stereocenters. The second kappa shape index (κ2) is 7.61. The summed E-state index contributed by atoms with van der Waals surface area (Å²) in [7, 11) is 4.71. The van der Waals surface area contributed by atoms with Gasteiger partial charge in [0.1, 0.15) is 15.9 Å². The summed E-state index contributed by atoms with van der Waals surface area (Å²) in [5.41, 5.74) is 1.19. The second-order valence-electron chi connectivity index (χ2n) is 5.76. The van der Waals surface area contributed by atoms with Crippen molar-refractivity contribution in [2.45, 2.75) is 4.34 Å². The number of aromatic amines is 1. The van der Waals surface area contributed by atoms with Gasteiger partial charge in [0, 0.05) is 17.5 Å². The Balaban J connectivity index is 1.72. The number of rotatable bonds is 5. The Bertz CT molecular complexity index is 1260. The van der Waals surface area contributed by atoms with Crippen LogP contribution in [0.2, 0.25) is 0 Å². The molecule has 0 atom stereocenters. The van der Waals surface area contributed by atoms with Crippen LogP contribution in [-0.2, 0) is 0 Å². The number of ether oxygens (including phenoxy) is 3. The van der Waals surface area contributed by atoms with Crippen molar-refractivity contribution in [3.05, 3.63) is 46.5 Å². The largest absolute Gasteiger partial charge is 0.497 e. The van der Waals surface area contributed by atoms with Crippen molar-refractivity contribution in [1.29, 1.82) is 0 Å². The van der Waals surface area contributed by atoms with Gasteiger partial charge in [-0.2, -0.15) is 0 Å². The van der Waals surface area contributed by atoms with E-state index in [0.29, 0.717) is 28.2 Å². The average Bonchev–Trinajstić information content (AvgIpc) is 3.13. The van der Waals surface area contributed by atoms with E-state index in [9.17, 15) is 4.79 Å². The standard InChI is InChI=1S/C19H17N3O4S2/c1-24-10-4-5-16-13(6-10)21-19(28-16)27-9-17-20-12-8-15(26-3)14(25-2)7-11(12)18(23)22-17/h4-9,27H,1-3H3,(H,20,22,23). The number of methoxy groups -OCH3 is 3. The minimum absolute atomic E-state index is 0.235. The predicted octanol–water partition coefficient (Wildman–Crippen LogP) is 3.23. The van der Waals surface area contributed by atoms with Crippen LogP contribution >= 0.6 is 22.7 Å². The lowest BCUT2D eigenvalue weighted by atomic mass is 10.2. The van der Waals surface area contributed by atoms with Crippen LogP contribution in [0.4, 0.5) is 0 Å². The molecule has 144 valence electrons. The molecule has 0 saturated heterocycles. The normalized spacial score (nSPS) is 11.7. The van der Waals surface area contributed by atoms with Crippen LogP contribution in [0, 0.1) is 0 Å². The summed E-state index contributed by atoms with van der Waals surface area (Å²) in [6, 6.07) is 9.13. The number of benzene rings is 2. The molecule has 0 saturated carbocycles. The Morgan fingerprint density at radius 1 is 1.00 bits per heavy atom. The molecule has 0 bridgehead atoms. The summed E-state index contributed by atoms with van der Waals surface area (Å²) >= 11 is 2.43. The SMILES string of the molecule is COc1ccc2sc([SH]=Cc3nc4cc(OC)c(OC)cc4c(=O)[nH]3)nc2c1. The third-order valence-corrected chi connectivity index (χ3v) is 6.23. The first-order chi connectivity index (χ1) is 13.6. The number of thiazole rings is 1. The quantitative estimate of drug-likeness (QED) is 0.384. The van der Waals surface area contributed by atoms with Crippen LogP contribution in [0.5, 0.6) is 17.2 Å². The van der Waals surface area contributed by atoms with E-state index < -0.39 is 0 Å². The highest BCUT2D eigenvalue weighted by Gasteiger charge is 2.10. The first-order valence-electron chi connectivity index (χ1n) is 8.26. The molecule has 0 fully saturated rings. The molecule has 7 nitrogen and oxygen atoms in total. The molecule has 2 aromatic heterocycles. The van der Waals surface area contributed by atoms with E-state index in [2.05, 4.69) is 15.0 Å². The molecule has 2 aromatic carbocycles. The molecule has 9 heteroatoms. The van der Waals surface area contributed by atoms with Gasteiger partial charge in [0.25, 0.3) is 5.56 Å². The fourth-order valence-corrected chi connectivity index (χ4v) is 4.61. The highest BCUT2D eigenvalue weighted by atomic mass is 32.2. The van der Waals surface area contributed by atoms with Gasteiger partial charge in [0.15, 0.2) is 11.5 Å². The van der Waals surface area contributed by atoms with E-state index in [1.165, 1.54) is 7.11 Å². The molecule has 28 heavy (non-hydrogen) atoms. The first-order valence-corrected chi connectivity index (χ1v) is 10.0. The summed E-state index contributed by atoms with van der Waals surface area (Å²) in [5.74, 6) is 2.26. The summed E-state index contributed by atoms with van der Waals surface area (Å²) in [4.78, 5) is 24.4. The highest BCUT2D eigenvalue weighted by Crippen LogP contribution is 2.31. The van der Waals surface area contributed by atoms with Crippen LogP contribution in [-0.4, -0.2) is 41.6 Å². The van der Waals surface area contributed by atoms with E-state index >= 15 is 0 Å². The van der Waals surface area contributed by atoms with Crippen molar-refractivity contribution in [3.63, 3.8) is 0 Å². The van der Waals surface area contributed by atoms with Gasteiger partial charge in [-0.25, -0.2) is 9.97 Å². The lowest BCUT2D eigenvalue weighted by Crippen LogP contribution is -2.11. The van der Waals surface area contributed by atoms with E-state index in [0.717, 1.165) is 31.7 Å². The van der Waals surface area contributed by atoms with Gasteiger partial charge in [0.05, 0.1) is 42.4 Å². The Labute approximate surface area is 167 Å². The van der Waals surface area contributed by atoms with E-state index in [1.807, 2.05) is 23.6 Å². The number of fused-ring (bicyclic) bond motifs is 2. The maximum atomic E-state index is 12.4. The van der Waals surface area contributed by atoms with Gasteiger partial charge < -0.3 is 19.2 Å². The summed E-state index contributed by atoms with van der Waals surface area (Å²) in [5, 5.41) is 2.27. The van der Waals surface area contributed by atoms with Crippen molar-refractivity contribution in [2.24, 2.45) is 0 Å². The summed E-state index contributed by atoms with van der Waals surface area (Å²) in [6.07, 6.45) is 0. The van der Waals surface area contributed by atoms with Crippen molar-refractivity contribution in [2.75, 3.05) is 21.3 Å². The van der Waals surface area contributed by atoms with Gasteiger partial charge in [-0.15, -0.1) is 22.7 Å². The molecule has 4 rings (SSSR count). The van der Waals surface area contributed by atoms with Crippen LogP contribution < -0.4 is 19.8 Å². The number of nitrogens with one attached hydrogen (secondary N) is 1. The van der Waals surface area contributed by atoms with Crippen LogP contribution in [0.25, 0.3) is 21.1 Å². The molecule has 2 heterocycles. The van der Waals surface area contributed by atoms with Gasteiger partial charge in [-0.1, -0.05) is 0 Å². The zero-order chi connectivity index (χ0) is 19.7. The van der Waals surface area contributed by atoms with Crippen molar-refractivity contribution in [3.8, 4) is 17.2 Å². The third-order valence-electron chi connectivity index (χ3n) is 4.11. The van der Waals surface area contributed by atoms with Crippen LogP contribution in [0.1, 0.15) is 5.82 Å². The van der Waals surface area contributed by atoms with Gasteiger partial charge >= 0.3 is 0 Å². The molecular formula is C19H17N3O4S2. The zero-order valence-corrected chi connectivity index (χ0v) is 17.1. The smallest absolute Gasteiger partial charge is 0.259 e. The number of hydrogen-bond acceptors (Lipinski definition) is 7. The summed E-state index contributed by atoms with van der Waals surface area (Å²) in [6.45, 7) is 0. The maximum Gasteiger partial charge on any atom is 0.259 e. The Hall–Kier alpha value is -2.91. The molecule has 0 aliphatic carbocycles. The van der Waals surface area contributed by atoms with Gasteiger partial charge in [-0.05, 0) is 18.2 Å². The zero-order valence-electron chi connectivity index (χ0n) is 15.3. The van der Waals surface area contributed by atoms with Crippen LogP contribution in [0.15, 0.2) is 39.5 Å². The number of thiol groups is 1. The topological polar surface area (TPSA) is 86.3 Å². The number of nitrogens with zero attached hydrogens (tertiary/aromatic N) is 2. The monoisotopic (exact) mass is 415 g/mol. The molecule has 4 aromatic rings. The maximum absolute atomic E-state index is 12.4. The van der Waals surface area contributed by atoms with Crippen molar-refractivity contribution >= 4 is 49.2 Å². The Morgan fingerprint density at radius 3 is 2.54 bits per heavy atom. The van der Waals surface area contributed by atoms with Gasteiger partial charge in [-0.3, -0.25) is 4.79 Å². The summed E-state index contributed by atoms with van der Waals surface area (Å²) < 4.78 is 17.8. The lowest BCUT2D eigenvalue weighted by Gasteiger charge is -2.08. The first kappa shape index (κ1) is 18.5. The van der Waals surface area contributed by atoms with Gasteiger partial charge in [0.2, 0.25) is 0 Å². The number of hydrogen-bond donors (Lipinski definition) is 2. The molecule has 0 radical (unpaired) electrons. The van der Waals surface area contributed by atoms with Crippen molar-refractivity contribution < 1.29 is 14.2 Å². The van der Waals surface area contributed by atoms with E-state index in [4.69, 9.17) is 14.2 Å². The predicted molar refractivity (Wildman–Crippen MR) is 114 cm³/mol. The van der Waals surface area contributed by atoms with Crippen LogP contribution in [0.3, 0.4) is 0 Å². The second-order valence-corrected chi connectivity index (χ2v) is 8.04. The minimum atomic E-state index is -0.235. The van der Waals surface area contributed by atoms with Crippen molar-refractivity contribution in [1.82, 2.24) is 15.0 Å². The molecule has 0 spiro atoms. The number of H-pyrrole nitrogens is 1. The van der Waals surface area contributed by atoms with E-state index in [-0.39, 0.29) is 5.56 Å². The molecular weight excluding hydrogens is 398 g/mol. The molecule has 0 aliphatic rings. The fourth-order valence-electron chi connectivity index (χ4n) is 2.74. The molecule has 1 N–H and O–H groups in total.